The van der Waals surface area contributed by atoms with Crippen molar-refractivity contribution in [2.75, 3.05) is 13.2 Å². The Morgan fingerprint density at radius 3 is 2.45 bits per heavy atom. The van der Waals surface area contributed by atoms with Gasteiger partial charge in [0.2, 0.25) is 5.91 Å². The molecular formula is C17H22FN3O8. The summed E-state index contributed by atoms with van der Waals surface area (Å²) < 4.78 is 13.3. The lowest BCUT2D eigenvalue weighted by molar-refractivity contribution is -0.131. The zero-order valence-electron chi connectivity index (χ0n) is 15.1. The molecule has 0 bridgehead atoms. The Bertz CT molecular complexity index is 908. The van der Waals surface area contributed by atoms with Crippen molar-refractivity contribution in [3.05, 3.63) is 40.1 Å². The van der Waals surface area contributed by atoms with Crippen molar-refractivity contribution in [1.29, 1.82) is 0 Å². The summed E-state index contributed by atoms with van der Waals surface area (Å²) in [5.41, 5.74) is -0.607. The van der Waals surface area contributed by atoms with Gasteiger partial charge >= 0.3 is 0 Å². The minimum absolute atomic E-state index is 0.125. The SMILES string of the molecule is O=C(CO)N[C@@H]([C@@H](O)[C@@H](O)[C@H](O)CO)[C@H](O)Cc1nc2ccc(F)cc2[nH]c1=O. The summed E-state index contributed by atoms with van der Waals surface area (Å²) in [6, 6.07) is 1.85. The van der Waals surface area contributed by atoms with Gasteiger partial charge in [0.25, 0.3) is 5.56 Å². The summed E-state index contributed by atoms with van der Waals surface area (Å²) in [5, 5.41) is 59.9. The minimum atomic E-state index is -1.96. The molecule has 0 fully saturated rings. The highest BCUT2D eigenvalue weighted by Gasteiger charge is 2.36. The monoisotopic (exact) mass is 415 g/mol. The van der Waals surface area contributed by atoms with Crippen molar-refractivity contribution in [2.45, 2.75) is 36.9 Å². The molecule has 29 heavy (non-hydrogen) atoms. The number of nitrogens with zero attached hydrogens (tertiary/aromatic N) is 1. The first-order chi connectivity index (χ1) is 13.7. The van der Waals surface area contributed by atoms with E-state index in [0.717, 1.165) is 12.1 Å². The van der Waals surface area contributed by atoms with Crippen molar-refractivity contribution in [3.63, 3.8) is 0 Å². The highest BCUT2D eigenvalue weighted by atomic mass is 19.1. The van der Waals surface area contributed by atoms with Gasteiger partial charge in [0, 0.05) is 6.42 Å². The Morgan fingerprint density at radius 1 is 1.14 bits per heavy atom. The summed E-state index contributed by atoms with van der Waals surface area (Å²) in [7, 11) is 0. The molecule has 0 radical (unpaired) electrons. The van der Waals surface area contributed by atoms with Crippen LogP contribution in [0.4, 0.5) is 4.39 Å². The Balaban J connectivity index is 2.30. The number of carbonyl (C=O) groups is 1. The van der Waals surface area contributed by atoms with Gasteiger partial charge in [-0.15, -0.1) is 0 Å². The summed E-state index contributed by atoms with van der Waals surface area (Å²) in [5.74, 6) is -1.59. The third-order valence-electron chi connectivity index (χ3n) is 4.31. The number of fused-ring (bicyclic) bond motifs is 1. The quantitative estimate of drug-likeness (QED) is 0.205. The molecule has 0 unspecified atom stereocenters. The minimum Gasteiger partial charge on any atom is -0.394 e. The van der Waals surface area contributed by atoms with Crippen LogP contribution in [0.5, 0.6) is 0 Å². The van der Waals surface area contributed by atoms with Crippen LogP contribution in [0.2, 0.25) is 0 Å². The van der Waals surface area contributed by atoms with Crippen LogP contribution in [0.1, 0.15) is 5.69 Å². The van der Waals surface area contributed by atoms with Crippen molar-refractivity contribution < 1.29 is 39.8 Å². The van der Waals surface area contributed by atoms with E-state index >= 15 is 0 Å². The number of carbonyl (C=O) groups excluding carboxylic acids is 1. The molecule has 5 atom stereocenters. The van der Waals surface area contributed by atoms with Crippen LogP contribution in [-0.4, -0.2) is 90.2 Å². The second kappa shape index (κ2) is 9.82. The van der Waals surface area contributed by atoms with Gasteiger partial charge in [-0.3, -0.25) is 9.59 Å². The predicted octanol–water partition coefficient (Wildman–Crippen LogP) is -3.48. The molecule has 0 saturated heterocycles. The van der Waals surface area contributed by atoms with Gasteiger partial charge in [-0.25, -0.2) is 9.37 Å². The molecule has 2 aromatic rings. The van der Waals surface area contributed by atoms with Crippen molar-refractivity contribution in [3.8, 4) is 0 Å². The molecule has 0 aliphatic carbocycles. The Hall–Kier alpha value is -2.48. The normalized spacial score (nSPS) is 16.8. The molecule has 1 heterocycles. The fraction of sp³-hybridized carbons (Fsp3) is 0.471. The first kappa shape index (κ1) is 22.8. The number of H-pyrrole nitrogens is 1. The number of rotatable bonds is 9. The lowest BCUT2D eigenvalue weighted by atomic mass is 9.94. The van der Waals surface area contributed by atoms with Gasteiger partial charge in [-0.2, -0.15) is 0 Å². The maximum atomic E-state index is 13.3. The zero-order valence-corrected chi connectivity index (χ0v) is 15.1. The zero-order chi connectivity index (χ0) is 21.7. The number of hydrogen-bond donors (Lipinski definition) is 8. The summed E-state index contributed by atoms with van der Waals surface area (Å²) in [4.78, 5) is 30.1. The topological polar surface area (TPSA) is 196 Å². The molecule has 12 heteroatoms. The molecular weight excluding hydrogens is 393 g/mol. The molecule has 2 rings (SSSR count). The molecule has 11 nitrogen and oxygen atoms in total. The Morgan fingerprint density at radius 2 is 1.83 bits per heavy atom. The Labute approximate surface area is 163 Å². The highest BCUT2D eigenvalue weighted by molar-refractivity contribution is 5.77. The maximum absolute atomic E-state index is 13.3. The fourth-order valence-corrected chi connectivity index (χ4v) is 2.75. The van der Waals surface area contributed by atoms with Crippen LogP contribution in [0.25, 0.3) is 11.0 Å². The number of aromatic nitrogens is 2. The number of benzene rings is 1. The summed E-state index contributed by atoms with van der Waals surface area (Å²) in [6.45, 7) is -1.90. The van der Waals surface area contributed by atoms with Crippen LogP contribution >= 0.6 is 0 Å². The molecule has 0 aliphatic heterocycles. The molecule has 0 saturated carbocycles. The number of nitrogens with one attached hydrogen (secondary N) is 2. The van der Waals surface area contributed by atoms with Crippen LogP contribution in [0, 0.1) is 5.82 Å². The van der Waals surface area contributed by atoms with Gasteiger partial charge in [0.05, 0.1) is 29.8 Å². The third kappa shape index (κ3) is 5.53. The first-order valence-electron chi connectivity index (χ1n) is 8.59. The van der Waals surface area contributed by atoms with Crippen LogP contribution in [0.3, 0.4) is 0 Å². The first-order valence-corrected chi connectivity index (χ1v) is 8.59. The molecule has 1 aromatic heterocycles. The van der Waals surface area contributed by atoms with E-state index in [-0.39, 0.29) is 16.7 Å². The Kier molecular flexibility index (Phi) is 7.73. The number of hydrogen-bond acceptors (Lipinski definition) is 9. The van der Waals surface area contributed by atoms with E-state index in [9.17, 15) is 34.4 Å². The van der Waals surface area contributed by atoms with E-state index in [4.69, 9.17) is 10.2 Å². The molecule has 0 spiro atoms. The van der Waals surface area contributed by atoms with E-state index < -0.39 is 67.4 Å². The van der Waals surface area contributed by atoms with E-state index in [1.807, 2.05) is 0 Å². The third-order valence-corrected chi connectivity index (χ3v) is 4.31. The molecule has 1 amide bonds. The molecule has 8 N–H and O–H groups in total. The van der Waals surface area contributed by atoms with Crippen molar-refractivity contribution >= 4 is 16.9 Å². The molecule has 160 valence electrons. The molecule has 0 aliphatic rings. The number of aromatic amines is 1. The van der Waals surface area contributed by atoms with Crippen LogP contribution in [0.15, 0.2) is 23.0 Å². The van der Waals surface area contributed by atoms with Crippen LogP contribution < -0.4 is 10.9 Å². The number of aliphatic hydroxyl groups is 6. The van der Waals surface area contributed by atoms with Gasteiger partial charge in [-0.05, 0) is 18.2 Å². The summed E-state index contributed by atoms with van der Waals surface area (Å²) >= 11 is 0. The van der Waals surface area contributed by atoms with Gasteiger partial charge in [0.15, 0.2) is 0 Å². The largest absolute Gasteiger partial charge is 0.394 e. The predicted molar refractivity (Wildman–Crippen MR) is 96.2 cm³/mol. The second-order valence-electron chi connectivity index (χ2n) is 6.43. The summed E-state index contributed by atoms with van der Waals surface area (Å²) in [6.07, 6.45) is -7.88. The van der Waals surface area contributed by atoms with Gasteiger partial charge in [-0.1, -0.05) is 0 Å². The van der Waals surface area contributed by atoms with E-state index in [1.54, 1.807) is 0 Å². The lowest BCUT2D eigenvalue weighted by Gasteiger charge is -2.32. The van der Waals surface area contributed by atoms with Crippen molar-refractivity contribution in [1.82, 2.24) is 15.3 Å². The van der Waals surface area contributed by atoms with Crippen LogP contribution in [-0.2, 0) is 11.2 Å². The average molecular weight is 415 g/mol. The van der Waals surface area contributed by atoms with E-state index in [2.05, 4.69) is 15.3 Å². The van der Waals surface area contributed by atoms with E-state index in [0.29, 0.717) is 0 Å². The van der Waals surface area contributed by atoms with Gasteiger partial charge < -0.3 is 40.9 Å². The van der Waals surface area contributed by atoms with E-state index in [1.165, 1.54) is 6.07 Å². The number of aliphatic hydroxyl groups excluding tert-OH is 6. The lowest BCUT2D eigenvalue weighted by Crippen LogP contribution is -2.58. The second-order valence-corrected chi connectivity index (χ2v) is 6.43. The van der Waals surface area contributed by atoms with Crippen molar-refractivity contribution in [2.24, 2.45) is 0 Å². The number of amides is 1. The number of halogens is 1. The highest BCUT2D eigenvalue weighted by Crippen LogP contribution is 2.14. The standard InChI is InChI=1S/C17H22FN3O8/c18-7-1-2-8-9(3-7)20-17(29)10(19-8)4-11(24)14(21-13(26)6-23)16(28)15(27)12(25)5-22/h1-3,11-12,14-16,22-25,27-28H,4-6H2,(H,20,29)(H,21,26)/t11-,12-,14-,15+,16-/m1/s1. The van der Waals surface area contributed by atoms with Gasteiger partial charge in [0.1, 0.15) is 36.4 Å². The fourth-order valence-electron chi connectivity index (χ4n) is 2.75. The average Bonchev–Trinajstić information content (AvgIpc) is 2.70. The molecule has 1 aromatic carbocycles. The maximum Gasteiger partial charge on any atom is 0.270 e. The smallest absolute Gasteiger partial charge is 0.270 e.